The van der Waals surface area contributed by atoms with E-state index in [1.54, 1.807) is 0 Å². The van der Waals surface area contributed by atoms with Gasteiger partial charge in [0.15, 0.2) is 0 Å². The summed E-state index contributed by atoms with van der Waals surface area (Å²) in [5.41, 5.74) is 10.3. The van der Waals surface area contributed by atoms with Crippen molar-refractivity contribution in [1.29, 1.82) is 0 Å². The molecular weight excluding hydrogens is 342 g/mol. The van der Waals surface area contributed by atoms with E-state index in [0.717, 1.165) is 27.9 Å². The maximum Gasteiger partial charge on any atom is 0.144 e. The van der Waals surface area contributed by atoms with Gasteiger partial charge in [0, 0.05) is 5.69 Å². The highest BCUT2D eigenvalue weighted by molar-refractivity contribution is 5.47. The number of rotatable bonds is 6. The molecule has 28 heavy (non-hydrogen) atoms. The molecule has 4 aromatic rings. The number of ether oxygens (including phenoxy) is 1. The first-order valence-electron chi connectivity index (χ1n) is 9.44. The van der Waals surface area contributed by atoms with E-state index in [0.29, 0.717) is 6.61 Å². The van der Waals surface area contributed by atoms with Crippen molar-refractivity contribution in [2.24, 2.45) is 0 Å². The third-order valence-electron chi connectivity index (χ3n) is 4.98. The second kappa shape index (κ2) is 8.12. The molecule has 4 aromatic carbocycles. The van der Waals surface area contributed by atoms with Crippen molar-refractivity contribution in [2.75, 3.05) is 5.73 Å². The predicted octanol–water partition coefficient (Wildman–Crippen LogP) is 5.78. The van der Waals surface area contributed by atoms with Gasteiger partial charge in [-0.25, -0.2) is 0 Å². The van der Waals surface area contributed by atoms with Crippen LogP contribution in [0.1, 0.15) is 22.3 Å². The van der Waals surface area contributed by atoms with Crippen LogP contribution in [0.25, 0.3) is 0 Å². The summed E-state index contributed by atoms with van der Waals surface area (Å²) >= 11 is 0. The molecule has 2 heteroatoms. The van der Waals surface area contributed by atoms with Crippen molar-refractivity contribution in [3.8, 4) is 0 Å². The molecule has 0 saturated heterocycles. The second-order valence-electron chi connectivity index (χ2n) is 6.81. The molecule has 0 aromatic heterocycles. The summed E-state index contributed by atoms with van der Waals surface area (Å²) in [5.74, 6) is 0. The SMILES string of the molecule is Nc1ccc(COC(c2ccccc2)(c2ccccc2)c2ccccc2)cc1. The Morgan fingerprint density at radius 2 is 0.929 bits per heavy atom. The molecule has 0 amide bonds. The molecule has 0 aliphatic heterocycles. The lowest BCUT2D eigenvalue weighted by Crippen LogP contribution is -2.32. The van der Waals surface area contributed by atoms with Crippen LogP contribution < -0.4 is 5.73 Å². The van der Waals surface area contributed by atoms with E-state index in [1.807, 2.05) is 42.5 Å². The van der Waals surface area contributed by atoms with Crippen molar-refractivity contribution in [2.45, 2.75) is 12.2 Å². The van der Waals surface area contributed by atoms with Crippen molar-refractivity contribution in [1.82, 2.24) is 0 Å². The minimum atomic E-state index is -0.703. The molecule has 0 aliphatic carbocycles. The van der Waals surface area contributed by atoms with Crippen LogP contribution in [0.5, 0.6) is 0 Å². The molecule has 0 aliphatic rings. The van der Waals surface area contributed by atoms with Crippen molar-refractivity contribution >= 4 is 5.69 Å². The molecule has 0 heterocycles. The Bertz CT molecular complexity index is 900. The van der Waals surface area contributed by atoms with Crippen molar-refractivity contribution in [3.05, 3.63) is 138 Å². The first kappa shape index (κ1) is 18.0. The van der Waals surface area contributed by atoms with Crippen LogP contribution in [0.2, 0.25) is 0 Å². The van der Waals surface area contributed by atoms with Crippen LogP contribution >= 0.6 is 0 Å². The molecule has 138 valence electrons. The zero-order chi connectivity index (χ0) is 19.2. The van der Waals surface area contributed by atoms with Crippen LogP contribution in [0, 0.1) is 0 Å². The summed E-state index contributed by atoms with van der Waals surface area (Å²) in [6.45, 7) is 0.471. The Morgan fingerprint density at radius 1 is 0.536 bits per heavy atom. The molecule has 4 rings (SSSR count). The van der Waals surface area contributed by atoms with Gasteiger partial charge >= 0.3 is 0 Å². The maximum absolute atomic E-state index is 6.77. The van der Waals surface area contributed by atoms with E-state index in [-0.39, 0.29) is 0 Å². The van der Waals surface area contributed by atoms with E-state index in [2.05, 4.69) is 72.8 Å². The number of nitrogens with two attached hydrogens (primary N) is 1. The van der Waals surface area contributed by atoms with Gasteiger partial charge in [0.2, 0.25) is 0 Å². The highest BCUT2D eigenvalue weighted by atomic mass is 16.5. The Labute approximate surface area is 166 Å². The third-order valence-corrected chi connectivity index (χ3v) is 4.98. The fraction of sp³-hybridized carbons (Fsp3) is 0.0769. The molecule has 2 nitrogen and oxygen atoms in total. The van der Waals surface area contributed by atoms with Crippen molar-refractivity contribution in [3.63, 3.8) is 0 Å². The molecule has 0 radical (unpaired) electrons. The summed E-state index contributed by atoms with van der Waals surface area (Å²) in [5, 5.41) is 0. The Morgan fingerprint density at radius 3 is 1.32 bits per heavy atom. The van der Waals surface area contributed by atoms with Crippen LogP contribution in [-0.4, -0.2) is 0 Å². The highest BCUT2D eigenvalue weighted by Gasteiger charge is 2.37. The molecule has 2 N–H and O–H groups in total. The minimum absolute atomic E-state index is 0.471. The third kappa shape index (κ3) is 3.55. The van der Waals surface area contributed by atoms with Crippen LogP contribution in [-0.2, 0) is 16.9 Å². The van der Waals surface area contributed by atoms with Gasteiger partial charge < -0.3 is 10.5 Å². The number of nitrogen functional groups attached to an aromatic ring is 1. The quantitative estimate of drug-likeness (QED) is 0.347. The molecule has 0 fully saturated rings. The Balaban J connectivity index is 1.86. The van der Waals surface area contributed by atoms with Gasteiger partial charge in [0.1, 0.15) is 5.60 Å². The van der Waals surface area contributed by atoms with Gasteiger partial charge in [0.25, 0.3) is 0 Å². The van der Waals surface area contributed by atoms with Gasteiger partial charge in [0.05, 0.1) is 6.61 Å². The predicted molar refractivity (Wildman–Crippen MR) is 115 cm³/mol. The lowest BCUT2D eigenvalue weighted by Gasteiger charge is -2.36. The topological polar surface area (TPSA) is 35.2 Å². The number of anilines is 1. The molecule has 0 atom stereocenters. The number of hydrogen-bond acceptors (Lipinski definition) is 2. The summed E-state index contributed by atoms with van der Waals surface area (Å²) in [6, 6.07) is 39.1. The first-order chi connectivity index (χ1) is 13.8. The smallest absolute Gasteiger partial charge is 0.144 e. The monoisotopic (exact) mass is 365 g/mol. The lowest BCUT2D eigenvalue weighted by molar-refractivity contribution is 0.000249. The normalized spacial score (nSPS) is 11.3. The van der Waals surface area contributed by atoms with Gasteiger partial charge in [-0.1, -0.05) is 103 Å². The lowest BCUT2D eigenvalue weighted by atomic mass is 9.80. The van der Waals surface area contributed by atoms with Crippen LogP contribution in [0.4, 0.5) is 5.69 Å². The minimum Gasteiger partial charge on any atom is -0.399 e. The average molecular weight is 365 g/mol. The summed E-state index contributed by atoms with van der Waals surface area (Å²) in [7, 11) is 0. The van der Waals surface area contributed by atoms with Crippen LogP contribution in [0.15, 0.2) is 115 Å². The zero-order valence-electron chi connectivity index (χ0n) is 15.7. The van der Waals surface area contributed by atoms with E-state index >= 15 is 0 Å². The van der Waals surface area contributed by atoms with E-state index in [1.165, 1.54) is 0 Å². The fourth-order valence-electron chi connectivity index (χ4n) is 3.57. The Hall–Kier alpha value is -3.36. The average Bonchev–Trinajstić information content (AvgIpc) is 2.78. The largest absolute Gasteiger partial charge is 0.399 e. The van der Waals surface area contributed by atoms with Gasteiger partial charge in [-0.3, -0.25) is 0 Å². The standard InChI is InChI=1S/C26H23NO/c27-25-18-16-21(17-19-25)20-28-26(22-10-4-1-5-11-22,23-12-6-2-7-13-23)24-14-8-3-9-15-24/h1-19H,20,27H2. The van der Waals surface area contributed by atoms with E-state index in [9.17, 15) is 0 Å². The molecule has 0 spiro atoms. The molecule has 0 saturated carbocycles. The molecular formula is C26H23NO. The van der Waals surface area contributed by atoms with Crippen LogP contribution in [0.3, 0.4) is 0 Å². The second-order valence-corrected chi connectivity index (χ2v) is 6.81. The maximum atomic E-state index is 6.77. The van der Waals surface area contributed by atoms with Crippen molar-refractivity contribution < 1.29 is 4.74 Å². The summed E-state index contributed by atoms with van der Waals surface area (Å²) in [6.07, 6.45) is 0. The van der Waals surface area contributed by atoms with E-state index in [4.69, 9.17) is 10.5 Å². The summed E-state index contributed by atoms with van der Waals surface area (Å²) in [4.78, 5) is 0. The zero-order valence-corrected chi connectivity index (χ0v) is 15.7. The Kier molecular flexibility index (Phi) is 5.22. The van der Waals surface area contributed by atoms with Gasteiger partial charge in [-0.2, -0.15) is 0 Å². The first-order valence-corrected chi connectivity index (χ1v) is 9.44. The number of hydrogen-bond donors (Lipinski definition) is 1. The highest BCUT2D eigenvalue weighted by Crippen LogP contribution is 2.41. The van der Waals surface area contributed by atoms with E-state index < -0.39 is 5.60 Å². The number of benzene rings is 4. The molecule has 0 bridgehead atoms. The summed E-state index contributed by atoms with van der Waals surface area (Å²) < 4.78 is 6.77. The van der Waals surface area contributed by atoms with Gasteiger partial charge in [-0.05, 0) is 34.4 Å². The fourth-order valence-corrected chi connectivity index (χ4v) is 3.57. The van der Waals surface area contributed by atoms with Gasteiger partial charge in [-0.15, -0.1) is 0 Å². The molecule has 0 unspecified atom stereocenters.